The van der Waals surface area contributed by atoms with E-state index in [-0.39, 0.29) is 31.3 Å². The van der Waals surface area contributed by atoms with Crippen LogP contribution in [0.25, 0.3) is 0 Å². The van der Waals surface area contributed by atoms with Gasteiger partial charge in [0.1, 0.15) is 0 Å². The van der Waals surface area contributed by atoms with Crippen molar-refractivity contribution < 1.29 is 23.5 Å². The van der Waals surface area contributed by atoms with Crippen LogP contribution in [0.4, 0.5) is 8.78 Å². The first-order valence-electron chi connectivity index (χ1n) is 7.33. The summed E-state index contributed by atoms with van der Waals surface area (Å²) in [6.45, 7) is 1.98. The molecule has 1 aliphatic carbocycles. The zero-order valence-electron chi connectivity index (χ0n) is 12.4. The van der Waals surface area contributed by atoms with Gasteiger partial charge in [0.2, 0.25) is 5.91 Å². The molecule has 0 radical (unpaired) electrons. The van der Waals surface area contributed by atoms with E-state index in [4.69, 9.17) is 5.11 Å². The van der Waals surface area contributed by atoms with Gasteiger partial charge in [0.05, 0.1) is 6.42 Å². The molecule has 1 atom stereocenters. The van der Waals surface area contributed by atoms with Crippen molar-refractivity contribution in [2.24, 2.45) is 11.8 Å². The van der Waals surface area contributed by atoms with Gasteiger partial charge in [-0.1, -0.05) is 13.0 Å². The maximum Gasteiger partial charge on any atom is 0.305 e. The SMILES string of the molecule is CC(C(=O)N(CCC(=O)O)Cc1ccc(F)c(F)c1)C1CC1. The summed E-state index contributed by atoms with van der Waals surface area (Å²) < 4.78 is 26.2. The van der Waals surface area contributed by atoms with Crippen LogP contribution in [0.1, 0.15) is 31.7 Å². The Morgan fingerprint density at radius 3 is 2.55 bits per heavy atom. The second-order valence-electron chi connectivity index (χ2n) is 5.78. The second kappa shape index (κ2) is 6.85. The van der Waals surface area contributed by atoms with E-state index < -0.39 is 17.6 Å². The summed E-state index contributed by atoms with van der Waals surface area (Å²) in [5, 5.41) is 8.80. The third kappa shape index (κ3) is 4.26. The number of benzene rings is 1. The summed E-state index contributed by atoms with van der Waals surface area (Å²) in [5.74, 6) is -2.86. The first kappa shape index (κ1) is 16.4. The zero-order chi connectivity index (χ0) is 16.3. The predicted molar refractivity (Wildman–Crippen MR) is 75.9 cm³/mol. The molecule has 1 aliphatic rings. The summed E-state index contributed by atoms with van der Waals surface area (Å²) in [6, 6.07) is 3.45. The van der Waals surface area contributed by atoms with Crippen LogP contribution in [0.15, 0.2) is 18.2 Å². The van der Waals surface area contributed by atoms with Crippen molar-refractivity contribution in [2.45, 2.75) is 32.7 Å². The molecular formula is C16H19F2NO3. The van der Waals surface area contributed by atoms with Gasteiger partial charge in [0.25, 0.3) is 0 Å². The number of carboxylic acid groups (broad SMARTS) is 1. The Bertz CT molecular complexity index is 573. The number of aliphatic carboxylic acids is 1. The molecule has 22 heavy (non-hydrogen) atoms. The van der Waals surface area contributed by atoms with Crippen LogP contribution in [0, 0.1) is 23.5 Å². The van der Waals surface area contributed by atoms with Crippen LogP contribution < -0.4 is 0 Å². The summed E-state index contributed by atoms with van der Waals surface area (Å²) in [7, 11) is 0. The Kier molecular flexibility index (Phi) is 5.11. The van der Waals surface area contributed by atoms with Gasteiger partial charge >= 0.3 is 5.97 Å². The monoisotopic (exact) mass is 311 g/mol. The molecule has 1 amide bonds. The van der Waals surface area contributed by atoms with Crippen LogP contribution in [0.3, 0.4) is 0 Å². The van der Waals surface area contributed by atoms with Crippen LogP contribution >= 0.6 is 0 Å². The minimum absolute atomic E-state index is 0.0597. The van der Waals surface area contributed by atoms with E-state index in [1.807, 2.05) is 6.92 Å². The van der Waals surface area contributed by atoms with Crippen LogP contribution in [-0.4, -0.2) is 28.4 Å². The molecule has 1 aromatic carbocycles. The average Bonchev–Trinajstić information content (AvgIpc) is 3.30. The van der Waals surface area contributed by atoms with Crippen molar-refractivity contribution in [1.82, 2.24) is 4.90 Å². The molecule has 0 aromatic heterocycles. The molecule has 2 rings (SSSR count). The lowest BCUT2D eigenvalue weighted by Gasteiger charge is -2.25. The summed E-state index contributed by atoms with van der Waals surface area (Å²) in [4.78, 5) is 24.6. The molecule has 4 nitrogen and oxygen atoms in total. The Balaban J connectivity index is 2.10. The lowest BCUT2D eigenvalue weighted by atomic mass is 10.0. The highest BCUT2D eigenvalue weighted by atomic mass is 19.2. The molecule has 1 unspecified atom stereocenters. The van der Waals surface area contributed by atoms with Gasteiger partial charge in [-0.3, -0.25) is 9.59 Å². The topological polar surface area (TPSA) is 57.6 Å². The maximum absolute atomic E-state index is 13.3. The fourth-order valence-electron chi connectivity index (χ4n) is 2.44. The Morgan fingerprint density at radius 1 is 1.32 bits per heavy atom. The largest absolute Gasteiger partial charge is 0.481 e. The van der Waals surface area contributed by atoms with Crippen molar-refractivity contribution in [3.8, 4) is 0 Å². The third-order valence-electron chi connectivity index (χ3n) is 3.98. The summed E-state index contributed by atoms with van der Waals surface area (Å²) >= 11 is 0. The van der Waals surface area contributed by atoms with Crippen molar-refractivity contribution >= 4 is 11.9 Å². The van der Waals surface area contributed by atoms with Crippen LogP contribution in [0.5, 0.6) is 0 Å². The number of carbonyl (C=O) groups excluding carboxylic acids is 1. The van der Waals surface area contributed by atoms with Gasteiger partial charge in [-0.25, -0.2) is 8.78 Å². The molecule has 0 saturated heterocycles. The highest BCUT2D eigenvalue weighted by Crippen LogP contribution is 2.37. The molecule has 6 heteroatoms. The molecule has 0 spiro atoms. The quantitative estimate of drug-likeness (QED) is 0.842. The average molecular weight is 311 g/mol. The number of nitrogens with zero attached hydrogens (tertiary/aromatic N) is 1. The minimum Gasteiger partial charge on any atom is -0.481 e. The lowest BCUT2D eigenvalue weighted by molar-refractivity contribution is -0.140. The van der Waals surface area contributed by atoms with Gasteiger partial charge < -0.3 is 10.0 Å². The smallest absolute Gasteiger partial charge is 0.305 e. The lowest BCUT2D eigenvalue weighted by Crippen LogP contribution is -2.37. The standard InChI is InChI=1S/C16H19F2NO3/c1-10(12-3-4-12)16(22)19(7-6-15(20)21)9-11-2-5-13(17)14(18)8-11/h2,5,8,10,12H,3-4,6-7,9H2,1H3,(H,20,21). The Morgan fingerprint density at radius 2 is 2.00 bits per heavy atom. The van der Waals surface area contributed by atoms with Gasteiger partial charge in [0.15, 0.2) is 11.6 Å². The number of carboxylic acids is 1. The minimum atomic E-state index is -0.998. The van der Waals surface area contributed by atoms with E-state index in [1.54, 1.807) is 0 Å². The summed E-state index contributed by atoms with van der Waals surface area (Å²) in [5.41, 5.74) is 0.445. The van der Waals surface area contributed by atoms with Crippen molar-refractivity contribution in [3.05, 3.63) is 35.4 Å². The molecule has 0 bridgehead atoms. The van der Waals surface area contributed by atoms with Gasteiger partial charge in [-0.05, 0) is 36.5 Å². The maximum atomic E-state index is 13.3. The normalized spacial score (nSPS) is 15.4. The zero-order valence-corrected chi connectivity index (χ0v) is 12.4. The predicted octanol–water partition coefficient (Wildman–Crippen LogP) is 2.81. The summed E-state index contributed by atoms with van der Waals surface area (Å²) in [6.07, 6.45) is 1.84. The molecular weight excluding hydrogens is 292 g/mol. The molecule has 1 saturated carbocycles. The van der Waals surface area contributed by atoms with Crippen molar-refractivity contribution in [1.29, 1.82) is 0 Å². The Hall–Kier alpha value is -1.98. The van der Waals surface area contributed by atoms with Crippen LogP contribution in [0.2, 0.25) is 0 Å². The first-order valence-corrected chi connectivity index (χ1v) is 7.33. The van der Waals surface area contributed by atoms with Gasteiger partial charge in [0, 0.05) is 19.0 Å². The molecule has 1 N–H and O–H groups in total. The van der Waals surface area contributed by atoms with Crippen LogP contribution in [-0.2, 0) is 16.1 Å². The number of rotatable bonds is 7. The number of amides is 1. The molecule has 0 heterocycles. The van der Waals surface area contributed by atoms with Gasteiger partial charge in [-0.2, -0.15) is 0 Å². The van der Waals surface area contributed by atoms with Crippen molar-refractivity contribution in [2.75, 3.05) is 6.54 Å². The molecule has 0 aliphatic heterocycles. The highest BCUT2D eigenvalue weighted by Gasteiger charge is 2.35. The van der Waals surface area contributed by atoms with E-state index in [0.717, 1.165) is 25.0 Å². The van der Waals surface area contributed by atoms with Crippen molar-refractivity contribution in [3.63, 3.8) is 0 Å². The molecule has 1 aromatic rings. The molecule has 120 valence electrons. The number of carbonyl (C=O) groups is 2. The number of hydrogen-bond donors (Lipinski definition) is 1. The highest BCUT2D eigenvalue weighted by molar-refractivity contribution is 5.79. The Labute approximate surface area is 127 Å². The van der Waals surface area contributed by atoms with Gasteiger partial charge in [-0.15, -0.1) is 0 Å². The number of hydrogen-bond acceptors (Lipinski definition) is 2. The second-order valence-corrected chi connectivity index (χ2v) is 5.78. The molecule has 1 fully saturated rings. The fraction of sp³-hybridized carbons (Fsp3) is 0.500. The van der Waals surface area contributed by atoms with E-state index in [2.05, 4.69) is 0 Å². The van der Waals surface area contributed by atoms with E-state index in [1.165, 1.54) is 11.0 Å². The van der Waals surface area contributed by atoms with E-state index in [9.17, 15) is 18.4 Å². The number of halogens is 2. The van der Waals surface area contributed by atoms with E-state index in [0.29, 0.717) is 11.5 Å². The fourth-order valence-corrected chi connectivity index (χ4v) is 2.44. The van der Waals surface area contributed by atoms with E-state index >= 15 is 0 Å². The third-order valence-corrected chi connectivity index (χ3v) is 3.98. The first-order chi connectivity index (χ1) is 10.4.